The van der Waals surface area contributed by atoms with Gasteiger partial charge in [0.1, 0.15) is 5.76 Å². The highest BCUT2D eigenvalue weighted by molar-refractivity contribution is 14.0. The Morgan fingerprint density at radius 2 is 1.88 bits per heavy atom. The van der Waals surface area contributed by atoms with E-state index in [0.717, 1.165) is 47.9 Å². The van der Waals surface area contributed by atoms with Crippen molar-refractivity contribution >= 4 is 29.9 Å². The van der Waals surface area contributed by atoms with Gasteiger partial charge in [0, 0.05) is 25.1 Å². The van der Waals surface area contributed by atoms with Crippen LogP contribution >= 0.6 is 24.0 Å². The first kappa shape index (κ1) is 22.0. The molecule has 0 aliphatic carbocycles. The van der Waals surface area contributed by atoms with E-state index in [0.29, 0.717) is 18.7 Å². The van der Waals surface area contributed by atoms with E-state index < -0.39 is 0 Å². The minimum absolute atomic E-state index is 0. The topological polar surface area (TPSA) is 86.2 Å². The highest BCUT2D eigenvalue weighted by Gasteiger charge is 2.13. The Kier molecular flexibility index (Phi) is 9.73. The van der Waals surface area contributed by atoms with Crippen LogP contribution in [0.3, 0.4) is 0 Å². The van der Waals surface area contributed by atoms with E-state index >= 15 is 0 Å². The van der Waals surface area contributed by atoms with Crippen molar-refractivity contribution in [2.45, 2.75) is 46.7 Å². The number of aromatic nitrogens is 1. The second kappa shape index (κ2) is 11.5. The zero-order chi connectivity index (χ0) is 18.1. The maximum absolute atomic E-state index is 8.85. The highest BCUT2D eigenvalue weighted by atomic mass is 127. The van der Waals surface area contributed by atoms with Crippen LogP contribution in [-0.4, -0.2) is 17.7 Å². The van der Waals surface area contributed by atoms with Gasteiger partial charge in [-0.2, -0.15) is 5.26 Å². The lowest BCUT2D eigenvalue weighted by Gasteiger charge is -2.11. The largest absolute Gasteiger partial charge is 0.361 e. The lowest BCUT2D eigenvalue weighted by molar-refractivity contribution is 0.380. The Balaban J connectivity index is 0.00000338. The van der Waals surface area contributed by atoms with E-state index in [2.05, 4.69) is 40.7 Å². The number of nitrogens with zero attached hydrogens (tertiary/aromatic N) is 3. The molecule has 140 valence electrons. The van der Waals surface area contributed by atoms with Gasteiger partial charge in [-0.25, -0.2) is 4.99 Å². The molecule has 7 heteroatoms. The molecule has 2 aromatic rings. The number of aliphatic imine (C=N–C) groups is 1. The van der Waals surface area contributed by atoms with E-state index in [-0.39, 0.29) is 24.0 Å². The molecule has 0 aliphatic rings. The van der Waals surface area contributed by atoms with Crippen molar-refractivity contribution in [1.29, 1.82) is 5.26 Å². The summed E-state index contributed by atoms with van der Waals surface area (Å²) in [6.07, 6.45) is 1.67. The summed E-state index contributed by atoms with van der Waals surface area (Å²) < 4.78 is 5.40. The van der Waals surface area contributed by atoms with Crippen LogP contribution in [0.5, 0.6) is 0 Å². The third-order valence-electron chi connectivity index (χ3n) is 3.89. The highest BCUT2D eigenvalue weighted by Crippen LogP contribution is 2.15. The molecule has 2 rings (SSSR count). The second-order valence-corrected chi connectivity index (χ2v) is 5.60. The number of nitriles is 1. The fourth-order valence-corrected chi connectivity index (χ4v) is 2.51. The number of hydrogen-bond acceptors (Lipinski definition) is 4. The summed E-state index contributed by atoms with van der Waals surface area (Å²) in [5, 5.41) is 19.6. The molecule has 0 aliphatic heterocycles. The molecule has 0 atom stereocenters. The maximum Gasteiger partial charge on any atom is 0.191 e. The van der Waals surface area contributed by atoms with Crippen LogP contribution in [0.4, 0.5) is 0 Å². The second-order valence-electron chi connectivity index (χ2n) is 5.60. The quantitative estimate of drug-likeness (QED) is 0.370. The average molecular weight is 467 g/mol. The molecule has 26 heavy (non-hydrogen) atoms. The van der Waals surface area contributed by atoms with E-state index in [4.69, 9.17) is 9.78 Å². The van der Waals surface area contributed by atoms with Gasteiger partial charge in [-0.3, -0.25) is 0 Å². The van der Waals surface area contributed by atoms with Crippen LogP contribution in [0.2, 0.25) is 0 Å². The van der Waals surface area contributed by atoms with Crippen LogP contribution in [0.1, 0.15) is 48.9 Å². The molecule has 0 spiro atoms. The molecule has 2 N–H and O–H groups in total. The number of nitrogens with one attached hydrogen (secondary N) is 2. The minimum Gasteiger partial charge on any atom is -0.361 e. The van der Waals surface area contributed by atoms with Crippen molar-refractivity contribution in [3.8, 4) is 6.07 Å². The third kappa shape index (κ3) is 6.02. The van der Waals surface area contributed by atoms with E-state index in [1.807, 2.05) is 31.2 Å². The van der Waals surface area contributed by atoms with E-state index in [1.165, 1.54) is 0 Å². The standard InChI is InChI=1S/C19H25N5O.HI/c1-4-17-16(18(5-2)25-24-17)13-23-19(21-6-3)22-12-15-9-7-14(11-20)8-10-15;/h7-10H,4-6,12-13H2,1-3H3,(H2,21,22,23);1H. The van der Waals surface area contributed by atoms with Crippen LogP contribution in [0.25, 0.3) is 0 Å². The molecular formula is C19H26IN5O. The molecule has 6 nitrogen and oxygen atoms in total. The molecule has 0 saturated carbocycles. The number of aryl methyl sites for hydroxylation is 2. The Hall–Kier alpha value is -2.08. The summed E-state index contributed by atoms with van der Waals surface area (Å²) in [7, 11) is 0. The molecule has 0 radical (unpaired) electrons. The predicted octanol–water partition coefficient (Wildman–Crippen LogP) is 3.54. The Morgan fingerprint density at radius 3 is 2.46 bits per heavy atom. The molecule has 0 saturated heterocycles. The van der Waals surface area contributed by atoms with Crippen LogP contribution in [0, 0.1) is 11.3 Å². The summed E-state index contributed by atoms with van der Waals surface area (Å²) in [6.45, 7) is 8.14. The van der Waals surface area contributed by atoms with Gasteiger partial charge in [-0.15, -0.1) is 24.0 Å². The SMILES string of the molecule is CCNC(=NCc1ccc(C#N)cc1)NCc1c(CC)noc1CC.I. The van der Waals surface area contributed by atoms with E-state index in [1.54, 1.807) is 0 Å². The number of hydrogen-bond donors (Lipinski definition) is 2. The predicted molar refractivity (Wildman–Crippen MR) is 113 cm³/mol. The molecular weight excluding hydrogens is 441 g/mol. The fraction of sp³-hybridized carbons (Fsp3) is 0.421. The monoisotopic (exact) mass is 467 g/mol. The number of halogens is 1. The van der Waals surface area contributed by atoms with Crippen LogP contribution in [-0.2, 0) is 25.9 Å². The number of rotatable bonds is 7. The van der Waals surface area contributed by atoms with Crippen molar-refractivity contribution in [3.05, 3.63) is 52.4 Å². The number of guanidine groups is 1. The van der Waals surface area contributed by atoms with Gasteiger partial charge in [-0.1, -0.05) is 31.1 Å². The molecule has 1 heterocycles. The van der Waals surface area contributed by atoms with Crippen molar-refractivity contribution in [2.24, 2.45) is 4.99 Å². The number of benzene rings is 1. The van der Waals surface area contributed by atoms with Crippen molar-refractivity contribution in [1.82, 2.24) is 15.8 Å². The van der Waals surface area contributed by atoms with Gasteiger partial charge >= 0.3 is 0 Å². The van der Waals surface area contributed by atoms with Crippen molar-refractivity contribution < 1.29 is 4.52 Å². The van der Waals surface area contributed by atoms with Gasteiger partial charge in [0.25, 0.3) is 0 Å². The first-order valence-corrected chi connectivity index (χ1v) is 8.69. The first-order chi connectivity index (χ1) is 12.2. The van der Waals surface area contributed by atoms with Crippen LogP contribution in [0.15, 0.2) is 33.8 Å². The Labute approximate surface area is 172 Å². The van der Waals surface area contributed by atoms with E-state index in [9.17, 15) is 0 Å². The first-order valence-electron chi connectivity index (χ1n) is 8.69. The minimum atomic E-state index is 0. The lowest BCUT2D eigenvalue weighted by Crippen LogP contribution is -2.37. The molecule has 0 fully saturated rings. The fourth-order valence-electron chi connectivity index (χ4n) is 2.51. The van der Waals surface area contributed by atoms with Gasteiger partial charge in [0.05, 0.1) is 23.9 Å². The van der Waals surface area contributed by atoms with Gasteiger partial charge in [0.2, 0.25) is 0 Å². The normalized spacial score (nSPS) is 10.8. The zero-order valence-corrected chi connectivity index (χ0v) is 17.8. The summed E-state index contributed by atoms with van der Waals surface area (Å²) in [5.41, 5.74) is 3.83. The Morgan fingerprint density at radius 1 is 1.15 bits per heavy atom. The van der Waals surface area contributed by atoms with Crippen molar-refractivity contribution in [2.75, 3.05) is 6.54 Å². The third-order valence-corrected chi connectivity index (χ3v) is 3.89. The van der Waals surface area contributed by atoms with Gasteiger partial charge < -0.3 is 15.2 Å². The lowest BCUT2D eigenvalue weighted by atomic mass is 10.1. The Bertz CT molecular complexity index is 725. The summed E-state index contributed by atoms with van der Waals surface area (Å²) >= 11 is 0. The smallest absolute Gasteiger partial charge is 0.191 e. The average Bonchev–Trinajstić information content (AvgIpc) is 3.06. The molecule has 0 amide bonds. The molecule has 1 aromatic heterocycles. The van der Waals surface area contributed by atoms with Crippen molar-refractivity contribution in [3.63, 3.8) is 0 Å². The summed E-state index contributed by atoms with van der Waals surface area (Å²) in [4.78, 5) is 4.61. The molecule has 0 unspecified atom stereocenters. The van der Waals surface area contributed by atoms with Gasteiger partial charge in [0.15, 0.2) is 5.96 Å². The summed E-state index contributed by atoms with van der Waals surface area (Å²) in [5.74, 6) is 1.67. The molecule has 0 bridgehead atoms. The summed E-state index contributed by atoms with van der Waals surface area (Å²) in [6, 6.07) is 9.59. The van der Waals surface area contributed by atoms with Crippen LogP contribution < -0.4 is 10.6 Å². The maximum atomic E-state index is 8.85. The zero-order valence-electron chi connectivity index (χ0n) is 15.5. The molecule has 1 aromatic carbocycles. The van der Waals surface area contributed by atoms with Gasteiger partial charge in [-0.05, 0) is 31.0 Å².